The molecule has 1 saturated carbocycles. The fourth-order valence-electron chi connectivity index (χ4n) is 5.18. The number of Topliss-reactive ketones (excluding diaryl/α,β-unsaturated/α-hetero) is 1. The molecule has 3 aromatic heterocycles. The van der Waals surface area contributed by atoms with E-state index in [9.17, 15) is 22.8 Å². The maximum atomic E-state index is 13.7. The van der Waals surface area contributed by atoms with Gasteiger partial charge in [-0.2, -0.15) is 4.31 Å². The summed E-state index contributed by atoms with van der Waals surface area (Å²) in [5.41, 5.74) is 0. The van der Waals surface area contributed by atoms with Gasteiger partial charge in [-0.15, -0.1) is 22.7 Å². The van der Waals surface area contributed by atoms with Gasteiger partial charge in [0.25, 0.3) is 15.9 Å². The molecule has 2 aliphatic heterocycles. The smallest absolute Gasteiger partial charge is 0.262 e. The quantitative estimate of drug-likeness (QED) is 0.489. The molecule has 6 rings (SSSR count). The molecule has 1 aliphatic carbocycles. The molecule has 5 heterocycles. The van der Waals surface area contributed by atoms with Gasteiger partial charge < -0.3 is 10.2 Å². The molecule has 2 amide bonds. The predicted molar refractivity (Wildman–Crippen MR) is 135 cm³/mol. The summed E-state index contributed by atoms with van der Waals surface area (Å²) in [4.78, 5) is 45.8. The van der Waals surface area contributed by atoms with Crippen LogP contribution in [-0.4, -0.2) is 71.4 Å². The number of hydrogen-bond donors (Lipinski definition) is 1. The number of pyridine rings is 1. The predicted octanol–water partition coefficient (Wildman–Crippen LogP) is 2.50. The zero-order chi connectivity index (χ0) is 25.0. The van der Waals surface area contributed by atoms with Gasteiger partial charge in [0.15, 0.2) is 10.8 Å². The summed E-state index contributed by atoms with van der Waals surface area (Å²) in [6.07, 6.45) is 4.29. The van der Waals surface area contributed by atoms with Gasteiger partial charge in [-0.05, 0) is 48.4 Å². The summed E-state index contributed by atoms with van der Waals surface area (Å²) in [5.74, 6) is -0.549. The van der Waals surface area contributed by atoms with E-state index in [1.807, 2.05) is 17.5 Å². The first kappa shape index (κ1) is 23.7. The Bertz CT molecular complexity index is 1420. The molecule has 12 heteroatoms. The summed E-state index contributed by atoms with van der Waals surface area (Å²) >= 11 is 2.95. The summed E-state index contributed by atoms with van der Waals surface area (Å²) in [6.45, 7) is -0.0243. The first-order valence-electron chi connectivity index (χ1n) is 11.9. The standard InChI is InChI=1S/C24H24N4O5S3/c29-17-13-28(36(32,33)21-3-1-2-8-25-21)16-6-9-27(22(16)17)24(31)15(11-14-4-5-14)26-23(30)20-12-19-18(35-20)7-10-34-19/h1-3,7-8,10,12,14-16,22H,4-6,9,11,13H2,(H,26,30). The van der Waals surface area contributed by atoms with Crippen molar-refractivity contribution in [1.29, 1.82) is 0 Å². The molecule has 3 unspecified atom stereocenters. The van der Waals surface area contributed by atoms with Crippen LogP contribution in [0.15, 0.2) is 46.9 Å². The van der Waals surface area contributed by atoms with E-state index in [1.54, 1.807) is 23.5 Å². The van der Waals surface area contributed by atoms with Gasteiger partial charge in [0, 0.05) is 22.1 Å². The third-order valence-electron chi connectivity index (χ3n) is 7.10. The Labute approximate surface area is 216 Å². The van der Waals surface area contributed by atoms with Gasteiger partial charge >= 0.3 is 0 Å². The molecular formula is C24H24N4O5S3. The highest BCUT2D eigenvalue weighted by atomic mass is 32.2. The Balaban J connectivity index is 1.22. The van der Waals surface area contributed by atoms with Crippen LogP contribution in [0.2, 0.25) is 0 Å². The molecule has 3 aromatic rings. The lowest BCUT2D eigenvalue weighted by Crippen LogP contribution is -2.52. The number of likely N-dealkylation sites (tertiary alicyclic amines) is 1. The van der Waals surface area contributed by atoms with Crippen molar-refractivity contribution in [2.45, 2.75) is 48.8 Å². The number of rotatable bonds is 7. The molecule has 3 aliphatic rings. The fraction of sp³-hybridized carbons (Fsp3) is 0.417. The highest BCUT2D eigenvalue weighted by molar-refractivity contribution is 7.89. The lowest BCUT2D eigenvalue weighted by Gasteiger charge is -2.28. The van der Waals surface area contributed by atoms with Crippen LogP contribution in [0.25, 0.3) is 9.40 Å². The SMILES string of the molecule is O=C(NC(CC1CC1)C(=O)N1CCC2C1C(=O)CN2S(=O)(=O)c1ccccn1)c1cc2sccc2s1. The first-order chi connectivity index (χ1) is 17.3. The van der Waals surface area contributed by atoms with Gasteiger partial charge in [-0.3, -0.25) is 14.4 Å². The van der Waals surface area contributed by atoms with Crippen molar-refractivity contribution in [2.75, 3.05) is 13.1 Å². The summed E-state index contributed by atoms with van der Waals surface area (Å²) in [5, 5.41) is 4.79. The number of nitrogens with zero attached hydrogens (tertiary/aromatic N) is 3. The van der Waals surface area contributed by atoms with Crippen molar-refractivity contribution in [1.82, 2.24) is 19.5 Å². The van der Waals surface area contributed by atoms with Gasteiger partial charge in [0.1, 0.15) is 12.1 Å². The van der Waals surface area contributed by atoms with E-state index in [2.05, 4.69) is 10.3 Å². The average Bonchev–Trinajstić information content (AvgIpc) is 3.21. The van der Waals surface area contributed by atoms with Gasteiger partial charge in [-0.1, -0.05) is 18.9 Å². The van der Waals surface area contributed by atoms with E-state index in [0.29, 0.717) is 23.6 Å². The molecule has 0 spiro atoms. The Morgan fingerprint density at radius 1 is 1.17 bits per heavy atom. The van der Waals surface area contributed by atoms with Gasteiger partial charge in [0.05, 0.1) is 17.5 Å². The second-order valence-electron chi connectivity index (χ2n) is 9.48. The summed E-state index contributed by atoms with van der Waals surface area (Å²) in [6, 6.07) is 6.19. The van der Waals surface area contributed by atoms with Crippen LogP contribution < -0.4 is 5.32 Å². The van der Waals surface area contributed by atoms with Crippen molar-refractivity contribution in [2.24, 2.45) is 5.92 Å². The molecule has 188 valence electrons. The van der Waals surface area contributed by atoms with Gasteiger partial charge in [0.2, 0.25) is 5.91 Å². The maximum Gasteiger partial charge on any atom is 0.262 e. The molecule has 9 nitrogen and oxygen atoms in total. The molecule has 36 heavy (non-hydrogen) atoms. The van der Waals surface area contributed by atoms with Crippen molar-refractivity contribution < 1.29 is 22.8 Å². The van der Waals surface area contributed by atoms with Crippen LogP contribution in [-0.2, 0) is 19.6 Å². The monoisotopic (exact) mass is 544 g/mol. The number of ketones is 1. The average molecular weight is 545 g/mol. The van der Waals surface area contributed by atoms with Crippen LogP contribution >= 0.6 is 22.7 Å². The molecular weight excluding hydrogens is 520 g/mol. The number of carbonyl (C=O) groups is 3. The minimum atomic E-state index is -3.97. The third kappa shape index (κ3) is 4.15. The van der Waals surface area contributed by atoms with Crippen LogP contribution in [0.5, 0.6) is 0 Å². The van der Waals surface area contributed by atoms with Crippen molar-refractivity contribution >= 4 is 59.7 Å². The second-order valence-corrected chi connectivity index (χ2v) is 13.4. The van der Waals surface area contributed by atoms with Gasteiger partial charge in [-0.25, -0.2) is 13.4 Å². The lowest BCUT2D eigenvalue weighted by molar-refractivity contribution is -0.138. The summed E-state index contributed by atoms with van der Waals surface area (Å²) in [7, 11) is -3.97. The third-order valence-corrected chi connectivity index (χ3v) is 11.0. The minimum Gasteiger partial charge on any atom is -0.340 e. The number of nitrogens with one attached hydrogen (secondary N) is 1. The summed E-state index contributed by atoms with van der Waals surface area (Å²) < 4.78 is 29.6. The molecule has 0 bridgehead atoms. The van der Waals surface area contributed by atoms with E-state index in [-0.39, 0.29) is 35.7 Å². The number of amides is 2. The lowest BCUT2D eigenvalue weighted by atomic mass is 10.1. The number of hydrogen-bond acceptors (Lipinski definition) is 8. The second kappa shape index (κ2) is 9.02. The van der Waals surface area contributed by atoms with E-state index >= 15 is 0 Å². The Kier molecular flexibility index (Phi) is 5.94. The van der Waals surface area contributed by atoms with Crippen LogP contribution in [0.4, 0.5) is 0 Å². The minimum absolute atomic E-state index is 0.113. The number of fused-ring (bicyclic) bond motifs is 2. The molecule has 0 radical (unpaired) electrons. The normalized spacial score (nSPS) is 23.2. The molecule has 3 atom stereocenters. The topological polar surface area (TPSA) is 117 Å². The Morgan fingerprint density at radius 2 is 2.00 bits per heavy atom. The van der Waals surface area contributed by atoms with E-state index in [1.165, 1.54) is 32.8 Å². The zero-order valence-corrected chi connectivity index (χ0v) is 21.7. The van der Waals surface area contributed by atoms with Crippen LogP contribution in [0, 0.1) is 5.92 Å². The van der Waals surface area contributed by atoms with Crippen molar-refractivity contribution in [3.63, 3.8) is 0 Å². The van der Waals surface area contributed by atoms with Crippen LogP contribution in [0.1, 0.15) is 35.4 Å². The molecule has 3 fully saturated rings. The highest BCUT2D eigenvalue weighted by Gasteiger charge is 2.54. The van der Waals surface area contributed by atoms with Crippen molar-refractivity contribution in [3.05, 3.63) is 46.8 Å². The largest absolute Gasteiger partial charge is 0.340 e. The number of carbonyl (C=O) groups excluding carboxylic acids is 3. The number of thiophene rings is 2. The Morgan fingerprint density at radius 3 is 2.72 bits per heavy atom. The number of aromatic nitrogens is 1. The zero-order valence-electron chi connectivity index (χ0n) is 19.2. The maximum absolute atomic E-state index is 13.7. The van der Waals surface area contributed by atoms with Crippen LogP contribution in [0.3, 0.4) is 0 Å². The molecule has 2 saturated heterocycles. The fourth-order valence-corrected chi connectivity index (χ4v) is 8.75. The van der Waals surface area contributed by atoms with E-state index < -0.39 is 28.1 Å². The van der Waals surface area contributed by atoms with E-state index in [4.69, 9.17) is 0 Å². The Hall–Kier alpha value is -2.67. The number of sulfonamides is 1. The highest BCUT2D eigenvalue weighted by Crippen LogP contribution is 2.37. The molecule has 0 aromatic carbocycles. The molecule has 1 N–H and O–H groups in total. The van der Waals surface area contributed by atoms with E-state index in [0.717, 1.165) is 22.2 Å². The van der Waals surface area contributed by atoms with Crippen molar-refractivity contribution in [3.8, 4) is 0 Å². The first-order valence-corrected chi connectivity index (χ1v) is 15.0.